The summed E-state index contributed by atoms with van der Waals surface area (Å²) in [6.45, 7) is 2.12. The van der Waals surface area contributed by atoms with Gasteiger partial charge in [0.25, 0.3) is 0 Å². The second kappa shape index (κ2) is 18.9. The minimum Gasteiger partial charge on any atom is -0.481 e. The van der Waals surface area contributed by atoms with E-state index in [2.05, 4.69) is 6.92 Å². The van der Waals surface area contributed by atoms with Crippen LogP contribution in [0, 0.1) is 0 Å². The van der Waals surface area contributed by atoms with Crippen molar-refractivity contribution in [1.82, 2.24) is 0 Å². The minimum atomic E-state index is -1.11. The molecule has 0 amide bonds. The van der Waals surface area contributed by atoms with Gasteiger partial charge in [-0.1, -0.05) is 74.8 Å². The molecule has 7 nitrogen and oxygen atoms in total. The third-order valence-electron chi connectivity index (χ3n) is 4.35. The Morgan fingerprint density at radius 3 is 2.10 bits per heavy atom. The molecular formula is C23H37NO6S. The average molecular weight is 456 g/mol. The predicted molar refractivity (Wildman–Crippen MR) is 126 cm³/mol. The fourth-order valence-corrected chi connectivity index (χ4v) is 3.66. The van der Waals surface area contributed by atoms with Gasteiger partial charge in [0.15, 0.2) is 0 Å². The molecular weight excluding hydrogens is 418 g/mol. The van der Waals surface area contributed by atoms with E-state index >= 15 is 0 Å². The van der Waals surface area contributed by atoms with E-state index in [1.807, 2.05) is 12.2 Å². The van der Waals surface area contributed by atoms with Crippen molar-refractivity contribution in [3.63, 3.8) is 0 Å². The van der Waals surface area contributed by atoms with Crippen LogP contribution in [0.5, 0.6) is 0 Å². The van der Waals surface area contributed by atoms with Crippen LogP contribution in [-0.4, -0.2) is 61.6 Å². The number of carbonyl (C=O) groups is 2. The highest BCUT2D eigenvalue weighted by Gasteiger charge is 2.20. The molecule has 0 aromatic rings. The number of aliphatic carboxylic acids is 2. The Kier molecular flexibility index (Phi) is 17.7. The van der Waals surface area contributed by atoms with Gasteiger partial charge in [0.05, 0.1) is 12.2 Å². The smallest absolute Gasteiger partial charge is 0.321 e. The van der Waals surface area contributed by atoms with Crippen molar-refractivity contribution in [3.8, 4) is 0 Å². The van der Waals surface area contributed by atoms with Gasteiger partial charge in [0.1, 0.15) is 6.04 Å². The Bertz CT molecular complexity index is 617. The summed E-state index contributed by atoms with van der Waals surface area (Å²) in [6.07, 6.45) is 17.6. The number of unbranched alkanes of at least 4 members (excludes halogenated alkanes) is 2. The van der Waals surface area contributed by atoms with Crippen molar-refractivity contribution in [1.29, 1.82) is 0 Å². The highest BCUT2D eigenvalue weighted by molar-refractivity contribution is 8.00. The Labute approximate surface area is 189 Å². The van der Waals surface area contributed by atoms with Crippen molar-refractivity contribution in [2.24, 2.45) is 5.73 Å². The van der Waals surface area contributed by atoms with Gasteiger partial charge in [-0.15, -0.1) is 11.8 Å². The second-order valence-corrected chi connectivity index (χ2v) is 8.41. The van der Waals surface area contributed by atoms with Crippen molar-refractivity contribution in [2.45, 2.75) is 75.4 Å². The molecule has 0 aliphatic rings. The molecule has 0 fully saturated rings. The lowest BCUT2D eigenvalue weighted by molar-refractivity contribution is -0.138. The summed E-state index contributed by atoms with van der Waals surface area (Å²) in [6, 6.07) is -1.03. The van der Waals surface area contributed by atoms with Gasteiger partial charge in [-0.3, -0.25) is 9.59 Å². The molecule has 0 heterocycles. The number of carboxylic acids is 2. The first-order chi connectivity index (χ1) is 14.8. The predicted octanol–water partition coefficient (Wildman–Crippen LogP) is 3.28. The molecule has 0 aliphatic heterocycles. The van der Waals surface area contributed by atoms with Crippen LogP contribution in [0.15, 0.2) is 48.6 Å². The molecule has 0 aromatic heterocycles. The number of aliphatic hydroxyl groups excluding tert-OH is 2. The fourth-order valence-electron chi connectivity index (χ4n) is 2.53. The molecule has 0 spiro atoms. The summed E-state index contributed by atoms with van der Waals surface area (Å²) in [7, 11) is 0. The number of allylic oxidation sites excluding steroid dienone is 6. The first kappa shape index (κ1) is 29.1. The molecule has 0 aliphatic carbocycles. The molecule has 31 heavy (non-hydrogen) atoms. The maximum absolute atomic E-state index is 10.9. The van der Waals surface area contributed by atoms with Crippen molar-refractivity contribution < 1.29 is 30.0 Å². The van der Waals surface area contributed by atoms with E-state index in [9.17, 15) is 19.8 Å². The molecule has 6 N–H and O–H groups in total. The first-order valence-corrected chi connectivity index (χ1v) is 11.7. The summed E-state index contributed by atoms with van der Waals surface area (Å²) in [5.74, 6) is -1.89. The third-order valence-corrected chi connectivity index (χ3v) is 5.76. The van der Waals surface area contributed by atoms with E-state index in [4.69, 9.17) is 15.9 Å². The van der Waals surface area contributed by atoms with Gasteiger partial charge in [-0.05, 0) is 19.3 Å². The molecule has 0 bridgehead atoms. The van der Waals surface area contributed by atoms with Gasteiger partial charge < -0.3 is 26.2 Å². The van der Waals surface area contributed by atoms with Crippen molar-refractivity contribution >= 4 is 23.7 Å². The summed E-state index contributed by atoms with van der Waals surface area (Å²) < 4.78 is 0. The Hall–Kier alpha value is -1.87. The van der Waals surface area contributed by atoms with Crippen LogP contribution in [0.25, 0.3) is 0 Å². The van der Waals surface area contributed by atoms with E-state index in [-0.39, 0.29) is 12.2 Å². The number of carboxylic acid groups (broad SMARTS) is 2. The van der Waals surface area contributed by atoms with Gasteiger partial charge >= 0.3 is 11.9 Å². The van der Waals surface area contributed by atoms with Crippen LogP contribution < -0.4 is 5.73 Å². The van der Waals surface area contributed by atoms with E-state index in [0.29, 0.717) is 12.8 Å². The standard InChI is InChI=1S/C23H37NO6S/c1-2-3-8-12-18(25)13-9-6-4-5-7-10-15-21(31-17-19(24)23(29)30)20(26)14-11-16-22(27)28/h4-7,9-10,13,15,18-21,25-26H,2-3,8,11-12,14,16-17,24H2,1H3,(H,27,28)(H,29,30)/b6-4+,7-5+,13-9+,15-10+/t18-,19-,20-,21+/m0/s1. The van der Waals surface area contributed by atoms with Gasteiger partial charge in [-0.25, -0.2) is 0 Å². The quantitative estimate of drug-likeness (QED) is 0.157. The number of thioether (sulfide) groups is 1. The molecule has 0 rings (SSSR count). The molecule has 0 saturated heterocycles. The summed E-state index contributed by atoms with van der Waals surface area (Å²) >= 11 is 1.23. The van der Waals surface area contributed by atoms with Crippen LogP contribution in [0.4, 0.5) is 0 Å². The number of aliphatic hydroxyl groups is 2. The average Bonchev–Trinajstić information content (AvgIpc) is 2.71. The number of rotatable bonds is 18. The normalized spacial score (nSPS) is 16.4. The summed E-state index contributed by atoms with van der Waals surface area (Å²) in [5.41, 5.74) is 5.53. The Morgan fingerprint density at radius 2 is 1.52 bits per heavy atom. The lowest BCUT2D eigenvalue weighted by atomic mass is 10.1. The largest absolute Gasteiger partial charge is 0.481 e. The maximum Gasteiger partial charge on any atom is 0.321 e. The van der Waals surface area contributed by atoms with Crippen LogP contribution in [-0.2, 0) is 9.59 Å². The van der Waals surface area contributed by atoms with Crippen LogP contribution in [0.2, 0.25) is 0 Å². The van der Waals surface area contributed by atoms with Crippen LogP contribution in [0.3, 0.4) is 0 Å². The third kappa shape index (κ3) is 17.5. The number of hydrogen-bond acceptors (Lipinski definition) is 6. The Balaban J connectivity index is 4.63. The molecule has 176 valence electrons. The minimum absolute atomic E-state index is 0.0294. The zero-order chi connectivity index (χ0) is 23.5. The maximum atomic E-state index is 10.9. The number of hydrogen-bond donors (Lipinski definition) is 5. The zero-order valence-corrected chi connectivity index (χ0v) is 19.0. The van der Waals surface area contributed by atoms with Crippen molar-refractivity contribution in [2.75, 3.05) is 5.75 Å². The lowest BCUT2D eigenvalue weighted by Gasteiger charge is -2.20. The summed E-state index contributed by atoms with van der Waals surface area (Å²) in [4.78, 5) is 21.5. The first-order valence-electron chi connectivity index (χ1n) is 10.6. The second-order valence-electron chi connectivity index (χ2n) is 7.20. The monoisotopic (exact) mass is 455 g/mol. The zero-order valence-electron chi connectivity index (χ0n) is 18.2. The highest BCUT2D eigenvalue weighted by Crippen LogP contribution is 2.21. The molecule has 8 heteroatoms. The van der Waals surface area contributed by atoms with E-state index < -0.39 is 35.4 Å². The molecule has 0 unspecified atom stereocenters. The van der Waals surface area contributed by atoms with Gasteiger partial charge in [0.2, 0.25) is 0 Å². The van der Waals surface area contributed by atoms with Gasteiger partial charge in [0, 0.05) is 17.4 Å². The Morgan fingerprint density at radius 1 is 0.903 bits per heavy atom. The number of nitrogens with two attached hydrogens (primary N) is 1. The molecule has 4 atom stereocenters. The topological polar surface area (TPSA) is 141 Å². The fraction of sp³-hybridized carbons (Fsp3) is 0.565. The van der Waals surface area contributed by atoms with E-state index in [1.165, 1.54) is 11.8 Å². The molecule has 0 aromatic carbocycles. The van der Waals surface area contributed by atoms with Crippen LogP contribution >= 0.6 is 11.8 Å². The van der Waals surface area contributed by atoms with Crippen molar-refractivity contribution in [3.05, 3.63) is 48.6 Å². The summed E-state index contributed by atoms with van der Waals surface area (Å²) in [5, 5.41) is 37.4. The molecule has 0 saturated carbocycles. The lowest BCUT2D eigenvalue weighted by Crippen LogP contribution is -2.34. The van der Waals surface area contributed by atoms with E-state index in [1.54, 1.807) is 36.5 Å². The SMILES string of the molecule is CCCCC[C@H](O)/C=C/C=C/C=C/C=C/[C@@H](SC[C@H](N)C(=O)O)[C@@H](O)CCCC(=O)O. The van der Waals surface area contributed by atoms with Gasteiger partial charge in [-0.2, -0.15) is 0 Å². The highest BCUT2D eigenvalue weighted by atomic mass is 32.2. The van der Waals surface area contributed by atoms with Crippen LogP contribution in [0.1, 0.15) is 51.9 Å². The molecule has 0 radical (unpaired) electrons. The van der Waals surface area contributed by atoms with E-state index in [0.717, 1.165) is 25.7 Å².